The van der Waals surface area contributed by atoms with Gasteiger partial charge in [0.15, 0.2) is 0 Å². The fourth-order valence-corrected chi connectivity index (χ4v) is 2.60. The average molecular weight is 344 g/mol. The summed E-state index contributed by atoms with van der Waals surface area (Å²) in [5, 5.41) is 22.1. The molecular formula is C17H16N2O6. The third-order valence-electron chi connectivity index (χ3n) is 3.91. The van der Waals surface area contributed by atoms with E-state index in [-0.39, 0.29) is 30.1 Å². The van der Waals surface area contributed by atoms with Crippen LogP contribution in [0.25, 0.3) is 0 Å². The summed E-state index contributed by atoms with van der Waals surface area (Å²) >= 11 is 0. The van der Waals surface area contributed by atoms with Crippen LogP contribution in [-0.2, 0) is 11.2 Å². The van der Waals surface area contributed by atoms with Crippen LogP contribution < -0.4 is 4.74 Å². The second-order valence-corrected chi connectivity index (χ2v) is 5.40. The van der Waals surface area contributed by atoms with E-state index in [1.807, 2.05) is 0 Å². The first-order valence-corrected chi connectivity index (χ1v) is 7.45. The van der Waals surface area contributed by atoms with Gasteiger partial charge < -0.3 is 9.53 Å². The smallest absolute Gasteiger partial charge is 0.279 e. The van der Waals surface area contributed by atoms with Gasteiger partial charge in [-0.3, -0.25) is 20.2 Å². The Hall–Kier alpha value is -3.29. The predicted octanol–water partition coefficient (Wildman–Crippen LogP) is 3.43. The van der Waals surface area contributed by atoms with Gasteiger partial charge in [0.05, 0.1) is 23.0 Å². The number of non-ortho nitro benzene ring substituents is 1. The van der Waals surface area contributed by atoms with Crippen LogP contribution in [0.15, 0.2) is 42.5 Å². The summed E-state index contributed by atoms with van der Waals surface area (Å²) in [7, 11) is 1.54. The van der Waals surface area contributed by atoms with E-state index in [0.717, 1.165) is 17.9 Å². The molecule has 8 nitrogen and oxygen atoms in total. The molecule has 0 aromatic heterocycles. The molecule has 2 aromatic carbocycles. The molecule has 2 rings (SSSR count). The first-order valence-electron chi connectivity index (χ1n) is 7.45. The molecule has 0 radical (unpaired) electrons. The van der Waals surface area contributed by atoms with E-state index in [1.54, 1.807) is 24.3 Å². The maximum atomic E-state index is 11.3. The Morgan fingerprint density at radius 2 is 1.76 bits per heavy atom. The van der Waals surface area contributed by atoms with Gasteiger partial charge in [0, 0.05) is 18.1 Å². The fraction of sp³-hybridized carbons (Fsp3) is 0.235. The first-order chi connectivity index (χ1) is 12.0. The van der Waals surface area contributed by atoms with Crippen LogP contribution in [0.3, 0.4) is 0 Å². The van der Waals surface area contributed by atoms with Crippen LogP contribution in [0, 0.1) is 20.2 Å². The van der Waals surface area contributed by atoms with E-state index in [4.69, 9.17) is 4.74 Å². The number of methoxy groups -OCH3 is 1. The lowest BCUT2D eigenvalue weighted by atomic mass is 9.89. The van der Waals surface area contributed by atoms with Crippen LogP contribution in [0.2, 0.25) is 0 Å². The molecule has 0 saturated carbocycles. The highest BCUT2D eigenvalue weighted by molar-refractivity contribution is 5.54. The average Bonchev–Trinajstić information content (AvgIpc) is 2.61. The van der Waals surface area contributed by atoms with Crippen LogP contribution in [-0.4, -0.2) is 23.2 Å². The Bertz CT molecular complexity index is 788. The van der Waals surface area contributed by atoms with E-state index < -0.39 is 9.85 Å². The van der Waals surface area contributed by atoms with Crippen molar-refractivity contribution >= 4 is 17.7 Å². The van der Waals surface area contributed by atoms with Gasteiger partial charge in [-0.2, -0.15) is 0 Å². The molecule has 0 spiro atoms. The van der Waals surface area contributed by atoms with Crippen molar-refractivity contribution in [2.75, 3.05) is 7.11 Å². The molecule has 0 heterocycles. The molecule has 0 amide bonds. The minimum Gasteiger partial charge on any atom is -0.497 e. The molecular weight excluding hydrogens is 328 g/mol. The summed E-state index contributed by atoms with van der Waals surface area (Å²) in [6, 6.07) is 10.6. The largest absolute Gasteiger partial charge is 0.497 e. The quantitative estimate of drug-likeness (QED) is 0.412. The highest BCUT2D eigenvalue weighted by Gasteiger charge is 2.22. The van der Waals surface area contributed by atoms with E-state index in [9.17, 15) is 25.0 Å². The van der Waals surface area contributed by atoms with E-state index in [1.165, 1.54) is 19.2 Å². The highest BCUT2D eigenvalue weighted by Crippen LogP contribution is 2.31. The second kappa shape index (κ2) is 8.00. The normalized spacial score (nSPS) is 11.6. The van der Waals surface area contributed by atoms with E-state index >= 15 is 0 Å². The molecule has 0 aliphatic rings. The minimum absolute atomic E-state index is 0.181. The summed E-state index contributed by atoms with van der Waals surface area (Å²) in [6.07, 6.45) is 1.16. The van der Waals surface area contributed by atoms with Crippen molar-refractivity contribution in [1.82, 2.24) is 0 Å². The Balaban J connectivity index is 2.36. The minimum atomic E-state index is -0.677. The Kier molecular flexibility index (Phi) is 5.78. The predicted molar refractivity (Wildman–Crippen MR) is 89.9 cm³/mol. The zero-order chi connectivity index (χ0) is 18.4. The molecule has 0 bridgehead atoms. The lowest BCUT2D eigenvalue weighted by Crippen LogP contribution is -2.07. The number of carbonyl (C=O) groups is 1. The number of nitro groups is 2. The zero-order valence-corrected chi connectivity index (χ0v) is 13.5. The van der Waals surface area contributed by atoms with Gasteiger partial charge in [0.2, 0.25) is 0 Å². The van der Waals surface area contributed by atoms with Gasteiger partial charge in [0.1, 0.15) is 12.0 Å². The van der Waals surface area contributed by atoms with Gasteiger partial charge in [-0.1, -0.05) is 12.1 Å². The van der Waals surface area contributed by atoms with E-state index in [0.29, 0.717) is 11.3 Å². The van der Waals surface area contributed by atoms with E-state index in [2.05, 4.69) is 0 Å². The number of carbonyl (C=O) groups excluding carboxylic acids is 1. The zero-order valence-electron chi connectivity index (χ0n) is 13.5. The Morgan fingerprint density at radius 3 is 2.28 bits per heavy atom. The number of benzene rings is 2. The number of hydrogen-bond acceptors (Lipinski definition) is 6. The number of nitro benzene ring substituents is 2. The summed E-state index contributed by atoms with van der Waals surface area (Å²) in [6.45, 7) is 0. The third kappa shape index (κ3) is 4.37. The summed E-state index contributed by atoms with van der Waals surface area (Å²) in [5.74, 6) is 0.387. The molecule has 0 unspecified atom stereocenters. The van der Waals surface area contributed by atoms with Crippen molar-refractivity contribution in [3.05, 3.63) is 73.8 Å². The molecule has 2 aromatic rings. The monoisotopic (exact) mass is 344 g/mol. The van der Waals surface area contributed by atoms with Crippen LogP contribution in [0.5, 0.6) is 5.75 Å². The first kappa shape index (κ1) is 18.1. The summed E-state index contributed by atoms with van der Waals surface area (Å²) < 4.78 is 5.09. The third-order valence-corrected chi connectivity index (χ3v) is 3.91. The van der Waals surface area contributed by atoms with Crippen molar-refractivity contribution in [1.29, 1.82) is 0 Å². The fourth-order valence-electron chi connectivity index (χ4n) is 2.60. The lowest BCUT2D eigenvalue weighted by Gasteiger charge is -2.15. The summed E-state index contributed by atoms with van der Waals surface area (Å²) in [5.41, 5.74) is 0.518. The van der Waals surface area contributed by atoms with Crippen LogP contribution in [0.4, 0.5) is 11.4 Å². The lowest BCUT2D eigenvalue weighted by molar-refractivity contribution is -0.394. The van der Waals surface area contributed by atoms with Crippen molar-refractivity contribution in [3.63, 3.8) is 0 Å². The molecule has 0 aliphatic carbocycles. The molecule has 25 heavy (non-hydrogen) atoms. The number of nitrogens with zero attached hydrogens (tertiary/aromatic N) is 2. The number of hydrogen-bond donors (Lipinski definition) is 0. The standard InChI is InChI=1S/C17H16N2O6/c1-25-16-6-3-12(4-7-16)13(8-9-20)10-14-2-5-15(18(21)22)11-17(14)19(23)24/h2-7,9,11,13H,8,10H2,1H3/t13-/m1/s1. The Labute approximate surface area is 143 Å². The molecule has 130 valence electrons. The van der Waals surface area contributed by atoms with Gasteiger partial charge in [-0.15, -0.1) is 0 Å². The van der Waals surface area contributed by atoms with Crippen LogP contribution >= 0.6 is 0 Å². The van der Waals surface area contributed by atoms with Crippen molar-refractivity contribution in [3.8, 4) is 5.75 Å². The topological polar surface area (TPSA) is 113 Å². The summed E-state index contributed by atoms with van der Waals surface area (Å²) in [4.78, 5) is 31.8. The number of ether oxygens (including phenoxy) is 1. The SMILES string of the molecule is COc1ccc([C@H](CC=O)Cc2ccc([N+](=O)[O-])cc2[N+](=O)[O-])cc1. The molecule has 0 fully saturated rings. The van der Waals surface area contributed by atoms with Crippen LogP contribution in [0.1, 0.15) is 23.5 Å². The molecule has 0 aliphatic heterocycles. The van der Waals surface area contributed by atoms with Crippen molar-refractivity contribution in [2.24, 2.45) is 0 Å². The van der Waals surface area contributed by atoms with Crippen molar-refractivity contribution in [2.45, 2.75) is 18.8 Å². The Morgan fingerprint density at radius 1 is 1.08 bits per heavy atom. The van der Waals surface area contributed by atoms with Gasteiger partial charge >= 0.3 is 0 Å². The van der Waals surface area contributed by atoms with Crippen molar-refractivity contribution < 1.29 is 19.4 Å². The van der Waals surface area contributed by atoms with Gasteiger partial charge in [-0.25, -0.2) is 0 Å². The van der Waals surface area contributed by atoms with Gasteiger partial charge in [0.25, 0.3) is 11.4 Å². The highest BCUT2D eigenvalue weighted by atomic mass is 16.6. The molecule has 0 N–H and O–H groups in total. The second-order valence-electron chi connectivity index (χ2n) is 5.40. The molecule has 1 atom stereocenters. The number of rotatable bonds is 8. The maximum Gasteiger partial charge on any atom is 0.279 e. The van der Waals surface area contributed by atoms with Gasteiger partial charge in [-0.05, 0) is 36.1 Å². The number of aldehydes is 1. The maximum absolute atomic E-state index is 11.3. The molecule has 0 saturated heterocycles. The molecule has 8 heteroatoms.